The van der Waals surface area contributed by atoms with Gasteiger partial charge in [-0.2, -0.15) is 0 Å². The molecule has 22 heavy (non-hydrogen) atoms. The molecule has 3 nitrogen and oxygen atoms in total. The van der Waals surface area contributed by atoms with E-state index in [1.807, 2.05) is 48.5 Å². The first-order valence-corrected chi connectivity index (χ1v) is 7.37. The number of aromatic hydroxyl groups is 1. The lowest BCUT2D eigenvalue weighted by Crippen LogP contribution is -2.19. The molecule has 0 saturated carbocycles. The Morgan fingerprint density at radius 2 is 1.68 bits per heavy atom. The van der Waals surface area contributed by atoms with Crippen molar-refractivity contribution in [3.63, 3.8) is 0 Å². The largest absolute Gasteiger partial charge is 0.508 e. The molecule has 1 aliphatic heterocycles. The third-order valence-corrected chi connectivity index (χ3v) is 4.23. The summed E-state index contributed by atoms with van der Waals surface area (Å²) < 4.78 is 6.20. The number of hydrogen-bond acceptors (Lipinski definition) is 3. The molecule has 1 aliphatic rings. The summed E-state index contributed by atoms with van der Waals surface area (Å²) in [5, 5.41) is 22.0. The van der Waals surface area contributed by atoms with Crippen molar-refractivity contribution < 1.29 is 14.9 Å². The number of rotatable bonds is 1. The highest BCUT2D eigenvalue weighted by atomic mass is 16.5. The van der Waals surface area contributed by atoms with Gasteiger partial charge < -0.3 is 14.9 Å². The van der Waals surface area contributed by atoms with Gasteiger partial charge in [-0.1, -0.05) is 48.5 Å². The van der Waals surface area contributed by atoms with E-state index in [1.165, 1.54) is 0 Å². The molecule has 0 spiro atoms. The van der Waals surface area contributed by atoms with Crippen LogP contribution in [0.15, 0.2) is 60.7 Å². The van der Waals surface area contributed by atoms with Crippen LogP contribution in [0.4, 0.5) is 0 Å². The van der Waals surface area contributed by atoms with Crippen LogP contribution in [0.5, 0.6) is 11.5 Å². The molecule has 110 valence electrons. The molecule has 3 aromatic carbocycles. The second kappa shape index (κ2) is 5.04. The van der Waals surface area contributed by atoms with Crippen molar-refractivity contribution in [2.24, 2.45) is 0 Å². The smallest absolute Gasteiger partial charge is 0.133 e. The summed E-state index contributed by atoms with van der Waals surface area (Å²) >= 11 is 0. The van der Waals surface area contributed by atoms with Crippen molar-refractivity contribution in [2.75, 3.05) is 0 Å². The molecule has 0 bridgehead atoms. The van der Waals surface area contributed by atoms with Gasteiger partial charge in [-0.15, -0.1) is 0 Å². The predicted molar refractivity (Wildman–Crippen MR) is 85.0 cm³/mol. The highest BCUT2D eigenvalue weighted by molar-refractivity contribution is 5.90. The topological polar surface area (TPSA) is 49.7 Å². The fourth-order valence-electron chi connectivity index (χ4n) is 3.07. The molecule has 2 N–H and O–H groups in total. The molecular formula is C19H16O3. The lowest BCUT2D eigenvalue weighted by molar-refractivity contribution is 0.0672. The van der Waals surface area contributed by atoms with E-state index in [2.05, 4.69) is 0 Å². The predicted octanol–water partition coefficient (Wildman–Crippen LogP) is 4.10. The fourth-order valence-corrected chi connectivity index (χ4v) is 3.07. The number of ether oxygens (including phenoxy) is 1. The minimum Gasteiger partial charge on any atom is -0.508 e. The van der Waals surface area contributed by atoms with Gasteiger partial charge in [0.2, 0.25) is 0 Å². The normalized spacial score (nSPS) is 20.4. The second-order valence-electron chi connectivity index (χ2n) is 5.65. The lowest BCUT2D eigenvalue weighted by Gasteiger charge is -2.31. The maximum absolute atomic E-state index is 10.5. The summed E-state index contributed by atoms with van der Waals surface area (Å²) in [6.07, 6.45) is -0.253. The Balaban J connectivity index is 1.81. The third-order valence-electron chi connectivity index (χ3n) is 4.23. The van der Waals surface area contributed by atoms with Crippen LogP contribution in [0.2, 0.25) is 0 Å². The maximum atomic E-state index is 10.5. The number of hydrogen-bond donors (Lipinski definition) is 2. The van der Waals surface area contributed by atoms with Gasteiger partial charge in [0.25, 0.3) is 0 Å². The molecule has 1 heterocycles. The molecule has 0 aliphatic carbocycles. The van der Waals surface area contributed by atoms with Gasteiger partial charge in [-0.05, 0) is 23.1 Å². The molecule has 0 saturated heterocycles. The van der Waals surface area contributed by atoms with Crippen LogP contribution in [-0.4, -0.2) is 10.2 Å². The molecule has 0 aromatic heterocycles. The van der Waals surface area contributed by atoms with E-state index < -0.39 is 6.10 Å². The van der Waals surface area contributed by atoms with E-state index in [0.29, 0.717) is 6.42 Å². The van der Waals surface area contributed by atoms with Crippen LogP contribution in [-0.2, 0) is 0 Å². The molecular weight excluding hydrogens is 276 g/mol. The number of phenols is 1. The Morgan fingerprint density at radius 1 is 0.909 bits per heavy atom. The van der Waals surface area contributed by atoms with Crippen LogP contribution in [0.25, 0.3) is 10.8 Å². The minimum absolute atomic E-state index is 0.214. The highest BCUT2D eigenvalue weighted by Crippen LogP contribution is 2.44. The van der Waals surface area contributed by atoms with Crippen molar-refractivity contribution in [1.82, 2.24) is 0 Å². The molecule has 4 rings (SSSR count). The van der Waals surface area contributed by atoms with Gasteiger partial charge in [0.1, 0.15) is 17.6 Å². The van der Waals surface area contributed by atoms with Gasteiger partial charge in [0.15, 0.2) is 0 Å². The van der Waals surface area contributed by atoms with Gasteiger partial charge in [-0.3, -0.25) is 0 Å². The molecule has 3 aromatic rings. The van der Waals surface area contributed by atoms with Gasteiger partial charge in [0.05, 0.1) is 6.10 Å². The quantitative estimate of drug-likeness (QED) is 0.710. The summed E-state index contributed by atoms with van der Waals surface area (Å²) in [4.78, 5) is 0. The van der Waals surface area contributed by atoms with Crippen LogP contribution in [0.1, 0.15) is 29.8 Å². The van der Waals surface area contributed by atoms with Crippen molar-refractivity contribution >= 4 is 10.8 Å². The summed E-state index contributed by atoms with van der Waals surface area (Å²) in [5.74, 6) is 0.987. The zero-order valence-electron chi connectivity index (χ0n) is 11.9. The Labute approximate surface area is 128 Å². The molecule has 2 atom stereocenters. The van der Waals surface area contributed by atoms with Crippen LogP contribution < -0.4 is 4.74 Å². The number of benzene rings is 3. The van der Waals surface area contributed by atoms with Gasteiger partial charge >= 0.3 is 0 Å². The number of aliphatic hydroxyl groups excluding tert-OH is 1. The summed E-state index contributed by atoms with van der Waals surface area (Å²) in [6.45, 7) is 0. The fraction of sp³-hybridized carbons (Fsp3) is 0.158. The Hall–Kier alpha value is -2.52. The summed E-state index contributed by atoms with van der Waals surface area (Å²) in [6, 6.07) is 18.9. The first-order valence-electron chi connectivity index (χ1n) is 7.37. The average molecular weight is 292 g/mol. The van der Waals surface area contributed by atoms with E-state index in [1.54, 1.807) is 12.1 Å². The average Bonchev–Trinajstić information content (AvgIpc) is 2.55. The zero-order chi connectivity index (χ0) is 15.1. The van der Waals surface area contributed by atoms with Crippen molar-refractivity contribution in [3.8, 4) is 11.5 Å². The van der Waals surface area contributed by atoms with E-state index in [-0.39, 0.29) is 11.9 Å². The Kier molecular flexibility index (Phi) is 3.01. The number of aliphatic hydroxyl groups is 1. The third kappa shape index (κ3) is 2.11. The monoisotopic (exact) mass is 292 g/mol. The molecule has 0 radical (unpaired) electrons. The van der Waals surface area contributed by atoms with E-state index in [4.69, 9.17) is 4.74 Å². The number of phenolic OH excluding ortho intramolecular Hbond substituents is 1. The Morgan fingerprint density at radius 3 is 2.50 bits per heavy atom. The van der Waals surface area contributed by atoms with E-state index in [0.717, 1.165) is 27.6 Å². The van der Waals surface area contributed by atoms with Gasteiger partial charge in [-0.25, -0.2) is 0 Å². The van der Waals surface area contributed by atoms with Crippen LogP contribution in [0, 0.1) is 0 Å². The first-order chi connectivity index (χ1) is 10.7. The lowest BCUT2D eigenvalue weighted by atomic mass is 9.92. The summed E-state index contributed by atoms with van der Waals surface area (Å²) in [5.41, 5.74) is 1.80. The molecule has 0 unspecified atom stereocenters. The SMILES string of the molecule is Oc1ccc([C@@H]2C[C@H](O)c3ccc4ccccc4c3O2)cc1. The van der Waals surface area contributed by atoms with Crippen molar-refractivity contribution in [2.45, 2.75) is 18.6 Å². The molecule has 3 heteroatoms. The standard InChI is InChI=1S/C19H16O3/c20-14-8-5-13(6-9-14)18-11-17(21)16-10-7-12-3-1-2-4-15(12)19(16)22-18/h1-10,17-18,20-21H,11H2/t17-,18-/m0/s1. The summed E-state index contributed by atoms with van der Waals surface area (Å²) in [7, 11) is 0. The van der Waals surface area contributed by atoms with Crippen molar-refractivity contribution in [3.05, 3.63) is 71.8 Å². The zero-order valence-corrected chi connectivity index (χ0v) is 11.9. The van der Waals surface area contributed by atoms with Crippen LogP contribution >= 0.6 is 0 Å². The minimum atomic E-state index is -0.549. The highest BCUT2D eigenvalue weighted by Gasteiger charge is 2.29. The first kappa shape index (κ1) is 13.2. The van der Waals surface area contributed by atoms with E-state index >= 15 is 0 Å². The van der Waals surface area contributed by atoms with Crippen LogP contribution in [0.3, 0.4) is 0 Å². The maximum Gasteiger partial charge on any atom is 0.133 e. The second-order valence-corrected chi connectivity index (χ2v) is 5.65. The van der Waals surface area contributed by atoms with E-state index in [9.17, 15) is 10.2 Å². The van der Waals surface area contributed by atoms with Crippen molar-refractivity contribution in [1.29, 1.82) is 0 Å². The Bertz CT molecular complexity index is 824. The molecule has 0 amide bonds. The van der Waals surface area contributed by atoms with Gasteiger partial charge in [0, 0.05) is 17.4 Å². The number of fused-ring (bicyclic) bond motifs is 3. The molecule has 0 fully saturated rings.